The number of aromatic amines is 1. The maximum absolute atomic E-state index is 9.02. The molecule has 112 valence electrons. The van der Waals surface area contributed by atoms with E-state index in [4.69, 9.17) is 5.26 Å². The summed E-state index contributed by atoms with van der Waals surface area (Å²) in [4.78, 5) is 11.8. The third kappa shape index (κ3) is 2.63. The van der Waals surface area contributed by atoms with Gasteiger partial charge in [0.25, 0.3) is 0 Å². The minimum Gasteiger partial charge on any atom is -0.338 e. The number of piperidine rings is 1. The van der Waals surface area contributed by atoms with Gasteiger partial charge >= 0.3 is 0 Å². The Morgan fingerprint density at radius 3 is 2.96 bits per heavy atom. The number of aromatic nitrogens is 3. The number of nitriles is 1. The molecule has 1 fully saturated rings. The van der Waals surface area contributed by atoms with Gasteiger partial charge in [-0.05, 0) is 31.5 Å². The molecule has 1 saturated heterocycles. The third-order valence-electron chi connectivity index (χ3n) is 4.17. The average molecular weight is 301 g/mol. The van der Waals surface area contributed by atoms with Crippen molar-refractivity contribution in [3.05, 3.63) is 35.8 Å². The maximum atomic E-state index is 9.02. The van der Waals surface area contributed by atoms with Crippen LogP contribution in [0.3, 0.4) is 0 Å². The van der Waals surface area contributed by atoms with E-state index in [1.807, 2.05) is 6.07 Å². The van der Waals surface area contributed by atoms with Gasteiger partial charge in [0.2, 0.25) is 0 Å². The molecule has 0 aromatic carbocycles. The molecule has 0 amide bonds. The predicted octanol–water partition coefficient (Wildman–Crippen LogP) is 2.33. The van der Waals surface area contributed by atoms with Gasteiger partial charge in [0.1, 0.15) is 17.4 Å². The molecule has 23 heavy (non-hydrogen) atoms. The molecule has 5 nitrogen and oxygen atoms in total. The first-order chi connectivity index (χ1) is 11.3. The molecule has 1 atom stereocenters. The Morgan fingerprint density at radius 2 is 2.13 bits per heavy atom. The minimum atomic E-state index is 0.406. The predicted molar refractivity (Wildman–Crippen MR) is 88.6 cm³/mol. The van der Waals surface area contributed by atoms with E-state index in [1.165, 1.54) is 6.42 Å². The summed E-state index contributed by atoms with van der Waals surface area (Å²) in [7, 11) is 0. The fourth-order valence-corrected chi connectivity index (χ4v) is 2.96. The average Bonchev–Trinajstić information content (AvgIpc) is 2.98. The highest BCUT2D eigenvalue weighted by atomic mass is 14.9. The number of nitrogens with one attached hydrogen (secondary N) is 2. The zero-order chi connectivity index (χ0) is 15.6. The van der Waals surface area contributed by atoms with Crippen LogP contribution in [0, 0.1) is 29.1 Å². The van der Waals surface area contributed by atoms with Crippen LogP contribution in [-0.2, 0) is 0 Å². The van der Waals surface area contributed by atoms with Crippen molar-refractivity contribution < 1.29 is 0 Å². The fourth-order valence-electron chi connectivity index (χ4n) is 2.96. The molecule has 3 aromatic heterocycles. The molecule has 0 spiro atoms. The van der Waals surface area contributed by atoms with Crippen LogP contribution >= 0.6 is 0 Å². The topological polar surface area (TPSA) is 77.4 Å². The third-order valence-corrected chi connectivity index (χ3v) is 4.17. The summed E-state index contributed by atoms with van der Waals surface area (Å²) in [6.45, 7) is 2.06. The van der Waals surface area contributed by atoms with Crippen LogP contribution in [0.25, 0.3) is 21.9 Å². The zero-order valence-electron chi connectivity index (χ0n) is 12.6. The number of H-pyrrole nitrogens is 1. The summed E-state index contributed by atoms with van der Waals surface area (Å²) in [5, 5.41) is 14.3. The molecular formula is C18H15N5. The summed E-state index contributed by atoms with van der Waals surface area (Å²) in [5.41, 5.74) is 2.98. The van der Waals surface area contributed by atoms with E-state index in [9.17, 15) is 0 Å². The van der Waals surface area contributed by atoms with Crippen molar-refractivity contribution >= 4 is 21.9 Å². The van der Waals surface area contributed by atoms with Gasteiger partial charge in [0.05, 0.1) is 11.7 Å². The van der Waals surface area contributed by atoms with Crippen molar-refractivity contribution in [2.24, 2.45) is 5.92 Å². The van der Waals surface area contributed by atoms with E-state index in [0.29, 0.717) is 11.6 Å². The van der Waals surface area contributed by atoms with E-state index < -0.39 is 0 Å². The number of hydrogen-bond donors (Lipinski definition) is 2. The highest BCUT2D eigenvalue weighted by molar-refractivity contribution is 6.06. The van der Waals surface area contributed by atoms with Gasteiger partial charge in [0, 0.05) is 35.0 Å². The molecule has 1 aliphatic heterocycles. The van der Waals surface area contributed by atoms with Crippen molar-refractivity contribution in [3.63, 3.8) is 0 Å². The number of hydrogen-bond acceptors (Lipinski definition) is 4. The molecule has 5 heteroatoms. The van der Waals surface area contributed by atoms with E-state index >= 15 is 0 Å². The Labute approximate surface area is 133 Å². The lowest BCUT2D eigenvalue weighted by molar-refractivity contribution is 0.449. The quantitative estimate of drug-likeness (QED) is 0.625. The highest BCUT2D eigenvalue weighted by Crippen LogP contribution is 2.24. The SMILES string of the molecule is N#Cc1cc2c(cn1)[nH]c1ncc(C#CC3CCCNC3)cc12. The lowest BCUT2D eigenvalue weighted by Gasteiger charge is -2.17. The minimum absolute atomic E-state index is 0.406. The highest BCUT2D eigenvalue weighted by Gasteiger charge is 2.10. The number of pyridine rings is 2. The van der Waals surface area contributed by atoms with Crippen molar-refractivity contribution in [1.29, 1.82) is 5.26 Å². The molecule has 4 heterocycles. The maximum Gasteiger partial charge on any atom is 0.141 e. The zero-order valence-corrected chi connectivity index (χ0v) is 12.6. The molecule has 2 N–H and O–H groups in total. The molecule has 0 saturated carbocycles. The molecule has 0 aliphatic carbocycles. The fraction of sp³-hybridized carbons (Fsp3) is 0.278. The van der Waals surface area contributed by atoms with Gasteiger partial charge < -0.3 is 10.3 Å². The summed E-state index contributed by atoms with van der Waals surface area (Å²) < 4.78 is 0. The number of fused-ring (bicyclic) bond motifs is 3. The second-order valence-corrected chi connectivity index (χ2v) is 5.78. The lowest BCUT2D eigenvalue weighted by atomic mass is 10.00. The summed E-state index contributed by atoms with van der Waals surface area (Å²) in [5.74, 6) is 6.99. The monoisotopic (exact) mass is 301 g/mol. The summed E-state index contributed by atoms with van der Waals surface area (Å²) in [6, 6.07) is 5.90. The standard InChI is InChI=1S/C18H15N5/c19-8-14-7-15-16-6-13(4-3-12-2-1-5-20-9-12)10-22-18(16)23-17(15)11-21-14/h6-7,10-12,20H,1-2,5,9H2,(H,22,23). The van der Waals surface area contributed by atoms with Crippen molar-refractivity contribution in [2.45, 2.75) is 12.8 Å². The second kappa shape index (κ2) is 5.72. The smallest absolute Gasteiger partial charge is 0.141 e. The summed E-state index contributed by atoms with van der Waals surface area (Å²) in [6.07, 6.45) is 5.80. The van der Waals surface area contributed by atoms with E-state index in [-0.39, 0.29) is 0 Å². The van der Waals surface area contributed by atoms with Crippen molar-refractivity contribution in [2.75, 3.05) is 13.1 Å². The first-order valence-electron chi connectivity index (χ1n) is 7.73. The van der Waals surface area contributed by atoms with E-state index in [1.54, 1.807) is 18.5 Å². The lowest BCUT2D eigenvalue weighted by Crippen LogP contribution is -2.28. The Kier molecular flexibility index (Phi) is 3.42. The van der Waals surface area contributed by atoms with Gasteiger partial charge in [-0.3, -0.25) is 0 Å². The van der Waals surface area contributed by atoms with Crippen LogP contribution in [0.2, 0.25) is 0 Å². The molecule has 4 rings (SSSR count). The first-order valence-corrected chi connectivity index (χ1v) is 7.73. The normalized spacial score (nSPS) is 17.6. The van der Waals surface area contributed by atoms with Gasteiger partial charge in [0.15, 0.2) is 0 Å². The Hall–Kier alpha value is -2.89. The van der Waals surface area contributed by atoms with Gasteiger partial charge in [-0.2, -0.15) is 5.26 Å². The molecule has 0 radical (unpaired) electrons. The summed E-state index contributed by atoms with van der Waals surface area (Å²) >= 11 is 0. The van der Waals surface area contributed by atoms with Crippen LogP contribution in [0.4, 0.5) is 0 Å². The Bertz CT molecular complexity index is 977. The Morgan fingerprint density at radius 1 is 1.17 bits per heavy atom. The van der Waals surface area contributed by atoms with Crippen LogP contribution in [-0.4, -0.2) is 28.0 Å². The number of nitrogens with zero attached hydrogens (tertiary/aromatic N) is 3. The largest absolute Gasteiger partial charge is 0.338 e. The van der Waals surface area contributed by atoms with Crippen molar-refractivity contribution in [1.82, 2.24) is 20.3 Å². The van der Waals surface area contributed by atoms with Crippen LogP contribution in [0.1, 0.15) is 24.1 Å². The van der Waals surface area contributed by atoms with Gasteiger partial charge in [-0.1, -0.05) is 11.8 Å². The molecule has 1 unspecified atom stereocenters. The van der Waals surface area contributed by atoms with Crippen LogP contribution in [0.15, 0.2) is 24.5 Å². The van der Waals surface area contributed by atoms with E-state index in [2.05, 4.69) is 38.2 Å². The van der Waals surface area contributed by atoms with Crippen molar-refractivity contribution in [3.8, 4) is 17.9 Å². The molecule has 3 aromatic rings. The van der Waals surface area contributed by atoms with Crippen LogP contribution < -0.4 is 5.32 Å². The second-order valence-electron chi connectivity index (χ2n) is 5.78. The number of rotatable bonds is 0. The Balaban J connectivity index is 1.76. The molecule has 1 aliphatic rings. The molecule has 0 bridgehead atoms. The van der Waals surface area contributed by atoms with Gasteiger partial charge in [-0.25, -0.2) is 9.97 Å². The van der Waals surface area contributed by atoms with Crippen LogP contribution in [0.5, 0.6) is 0 Å². The van der Waals surface area contributed by atoms with Gasteiger partial charge in [-0.15, -0.1) is 0 Å². The van der Waals surface area contributed by atoms with E-state index in [0.717, 1.165) is 47.0 Å². The molecular weight excluding hydrogens is 286 g/mol. The first kappa shape index (κ1) is 13.8.